The summed E-state index contributed by atoms with van der Waals surface area (Å²) in [7, 11) is -3.66. The Labute approximate surface area is 156 Å². The second-order valence-electron chi connectivity index (χ2n) is 6.26. The van der Waals surface area contributed by atoms with Gasteiger partial charge in [0.15, 0.2) is 0 Å². The van der Waals surface area contributed by atoms with Crippen LogP contribution in [0.5, 0.6) is 0 Å². The second kappa shape index (κ2) is 6.97. The third-order valence-corrected chi connectivity index (χ3v) is 7.13. The molecule has 0 unspecified atom stereocenters. The number of rotatable bonds is 4. The monoisotopic (exact) mass is 398 g/mol. The lowest BCUT2D eigenvalue weighted by atomic mass is 9.99. The number of benzene rings is 1. The number of hydrogen-bond donors (Lipinski definition) is 1. The summed E-state index contributed by atoms with van der Waals surface area (Å²) in [5, 5.41) is 0. The van der Waals surface area contributed by atoms with E-state index in [1.165, 1.54) is 6.07 Å². The first-order chi connectivity index (χ1) is 11.8. The molecular formula is C17H19ClN2O3S2. The highest BCUT2D eigenvalue weighted by Crippen LogP contribution is 2.32. The first-order valence-corrected chi connectivity index (χ1v) is 10.7. The average molecular weight is 399 g/mol. The van der Waals surface area contributed by atoms with Crippen molar-refractivity contribution in [2.24, 2.45) is 5.92 Å². The van der Waals surface area contributed by atoms with Gasteiger partial charge in [-0.2, -0.15) is 0 Å². The smallest absolute Gasteiger partial charge is 0.271 e. The number of nitrogens with zero attached hydrogens (tertiary/aromatic N) is 1. The normalized spacial score (nSPS) is 14.5. The van der Waals surface area contributed by atoms with Crippen molar-refractivity contribution in [1.29, 1.82) is 0 Å². The zero-order valence-electron chi connectivity index (χ0n) is 14.0. The fourth-order valence-electron chi connectivity index (χ4n) is 2.85. The maximum absolute atomic E-state index is 12.4. The minimum atomic E-state index is -3.66. The summed E-state index contributed by atoms with van der Waals surface area (Å²) in [6, 6.07) is 8.35. The topological polar surface area (TPSA) is 66.5 Å². The molecule has 1 amide bonds. The molecular weight excluding hydrogens is 380 g/mol. The van der Waals surface area contributed by atoms with E-state index in [0.29, 0.717) is 16.6 Å². The third kappa shape index (κ3) is 3.83. The number of anilines is 2. The molecule has 25 heavy (non-hydrogen) atoms. The van der Waals surface area contributed by atoms with Gasteiger partial charge in [-0.25, -0.2) is 8.42 Å². The van der Waals surface area contributed by atoms with Crippen molar-refractivity contribution in [2.75, 3.05) is 16.2 Å². The Kier molecular flexibility index (Phi) is 5.09. The molecule has 1 aliphatic heterocycles. The molecule has 1 aliphatic rings. The van der Waals surface area contributed by atoms with Crippen LogP contribution < -0.4 is 9.62 Å². The zero-order valence-corrected chi connectivity index (χ0v) is 16.3. The molecule has 0 fully saturated rings. The molecule has 8 heteroatoms. The predicted octanol–water partition coefficient (Wildman–Crippen LogP) is 4.14. The summed E-state index contributed by atoms with van der Waals surface area (Å²) < 4.78 is 28.0. The number of sulfonamides is 1. The van der Waals surface area contributed by atoms with Gasteiger partial charge < -0.3 is 4.90 Å². The summed E-state index contributed by atoms with van der Waals surface area (Å²) in [4.78, 5) is 14.2. The van der Waals surface area contributed by atoms with Gasteiger partial charge >= 0.3 is 0 Å². The van der Waals surface area contributed by atoms with Crippen molar-refractivity contribution in [3.05, 3.63) is 40.2 Å². The van der Waals surface area contributed by atoms with Gasteiger partial charge in [0.2, 0.25) is 5.91 Å². The molecule has 1 aromatic carbocycles. The van der Waals surface area contributed by atoms with Crippen molar-refractivity contribution in [1.82, 2.24) is 0 Å². The van der Waals surface area contributed by atoms with Crippen LogP contribution in [0.4, 0.5) is 11.4 Å². The first kappa shape index (κ1) is 18.2. The lowest BCUT2D eigenvalue weighted by Gasteiger charge is -2.31. The molecule has 2 heterocycles. The van der Waals surface area contributed by atoms with Gasteiger partial charge in [0, 0.05) is 23.8 Å². The molecule has 0 radical (unpaired) electrons. The maximum atomic E-state index is 12.4. The Morgan fingerprint density at radius 2 is 2.04 bits per heavy atom. The predicted molar refractivity (Wildman–Crippen MR) is 102 cm³/mol. The molecule has 5 nitrogen and oxygen atoms in total. The van der Waals surface area contributed by atoms with Crippen molar-refractivity contribution in [3.8, 4) is 0 Å². The Bertz CT molecular complexity index is 906. The lowest BCUT2D eigenvalue weighted by molar-refractivity contribution is -0.121. The van der Waals surface area contributed by atoms with Gasteiger partial charge in [-0.1, -0.05) is 25.4 Å². The molecule has 0 spiro atoms. The quantitative estimate of drug-likeness (QED) is 0.841. The van der Waals surface area contributed by atoms with Crippen molar-refractivity contribution < 1.29 is 13.2 Å². The third-order valence-electron chi connectivity index (χ3n) is 4.02. The molecule has 3 rings (SSSR count). The van der Waals surface area contributed by atoms with Crippen LogP contribution >= 0.6 is 22.9 Å². The highest BCUT2D eigenvalue weighted by Gasteiger charge is 2.25. The Morgan fingerprint density at radius 3 is 2.68 bits per heavy atom. The number of amides is 1. The molecule has 1 N–H and O–H groups in total. The Morgan fingerprint density at radius 1 is 1.28 bits per heavy atom. The van der Waals surface area contributed by atoms with Crippen LogP contribution in [0.25, 0.3) is 0 Å². The number of aryl methyl sites for hydroxylation is 1. The van der Waals surface area contributed by atoms with Crippen molar-refractivity contribution >= 4 is 50.2 Å². The first-order valence-electron chi connectivity index (χ1n) is 8.00. The van der Waals surface area contributed by atoms with E-state index in [9.17, 15) is 13.2 Å². The number of carbonyl (C=O) groups excluding carboxylic acids is 1. The fraction of sp³-hybridized carbons (Fsp3) is 0.353. The summed E-state index contributed by atoms with van der Waals surface area (Å²) in [5.74, 6) is 0.00946. The van der Waals surface area contributed by atoms with E-state index in [4.69, 9.17) is 11.6 Å². The molecule has 134 valence electrons. The van der Waals surface area contributed by atoms with Crippen LogP contribution in [0.3, 0.4) is 0 Å². The standard InChI is InChI=1S/C17H19ClN2O3S2/c1-11(2)17(21)20-9-3-4-12-10-13(5-6-14(12)20)19-25(22,23)16-8-7-15(18)24-16/h5-8,10-11,19H,3-4,9H2,1-2H3. The molecule has 2 aromatic rings. The number of hydrogen-bond acceptors (Lipinski definition) is 4. The molecule has 0 bridgehead atoms. The summed E-state index contributed by atoms with van der Waals surface area (Å²) in [5.41, 5.74) is 2.33. The SMILES string of the molecule is CC(C)C(=O)N1CCCc2cc(NS(=O)(=O)c3ccc(Cl)s3)ccc21. The molecule has 0 saturated carbocycles. The minimum Gasteiger partial charge on any atom is -0.312 e. The number of nitrogens with one attached hydrogen (secondary N) is 1. The minimum absolute atomic E-state index is 0.0762. The fourth-order valence-corrected chi connectivity index (χ4v) is 5.38. The largest absolute Gasteiger partial charge is 0.312 e. The highest BCUT2D eigenvalue weighted by atomic mass is 35.5. The average Bonchev–Trinajstić information content (AvgIpc) is 3.00. The Hall–Kier alpha value is -1.57. The van der Waals surface area contributed by atoms with Crippen LogP contribution in [-0.2, 0) is 21.2 Å². The van der Waals surface area contributed by atoms with Crippen molar-refractivity contribution in [3.63, 3.8) is 0 Å². The van der Waals surface area contributed by atoms with Gasteiger partial charge in [-0.15, -0.1) is 11.3 Å². The Balaban J connectivity index is 1.88. The number of carbonyl (C=O) groups is 1. The van der Waals surface area contributed by atoms with E-state index < -0.39 is 10.0 Å². The van der Waals surface area contributed by atoms with E-state index in [-0.39, 0.29) is 16.0 Å². The van der Waals surface area contributed by atoms with Crippen LogP contribution in [0, 0.1) is 5.92 Å². The number of halogens is 1. The van der Waals surface area contributed by atoms with Crippen LogP contribution in [0.2, 0.25) is 4.34 Å². The lowest BCUT2D eigenvalue weighted by Crippen LogP contribution is -2.38. The van der Waals surface area contributed by atoms with Gasteiger partial charge in [-0.05, 0) is 48.7 Å². The second-order valence-corrected chi connectivity index (χ2v) is 9.88. The van der Waals surface area contributed by atoms with E-state index in [1.54, 1.807) is 17.0 Å². The van der Waals surface area contributed by atoms with Crippen LogP contribution in [0.15, 0.2) is 34.5 Å². The molecule has 1 aromatic heterocycles. The summed E-state index contributed by atoms with van der Waals surface area (Å²) >= 11 is 6.84. The van der Waals surface area contributed by atoms with Crippen LogP contribution in [0.1, 0.15) is 25.8 Å². The van der Waals surface area contributed by atoms with E-state index >= 15 is 0 Å². The van der Waals surface area contributed by atoms with E-state index in [1.807, 2.05) is 26.0 Å². The van der Waals surface area contributed by atoms with Crippen LogP contribution in [-0.4, -0.2) is 20.9 Å². The van der Waals surface area contributed by atoms with Gasteiger partial charge in [-0.3, -0.25) is 9.52 Å². The molecule has 0 saturated heterocycles. The van der Waals surface area contributed by atoms with Gasteiger partial charge in [0.1, 0.15) is 4.21 Å². The van der Waals surface area contributed by atoms with Gasteiger partial charge in [0.05, 0.1) is 4.34 Å². The summed E-state index contributed by atoms with van der Waals surface area (Å²) in [6.45, 7) is 4.46. The zero-order chi connectivity index (χ0) is 18.2. The summed E-state index contributed by atoms with van der Waals surface area (Å²) in [6.07, 6.45) is 1.68. The molecule has 0 atom stereocenters. The molecule has 0 aliphatic carbocycles. The number of thiophene rings is 1. The van der Waals surface area contributed by atoms with E-state index in [2.05, 4.69) is 4.72 Å². The van der Waals surface area contributed by atoms with Gasteiger partial charge in [0.25, 0.3) is 10.0 Å². The number of fused-ring (bicyclic) bond motifs is 1. The van der Waals surface area contributed by atoms with Crippen molar-refractivity contribution in [2.45, 2.75) is 30.9 Å². The highest BCUT2D eigenvalue weighted by molar-refractivity contribution is 7.94. The maximum Gasteiger partial charge on any atom is 0.271 e. The van der Waals surface area contributed by atoms with E-state index in [0.717, 1.165) is 35.4 Å².